The van der Waals surface area contributed by atoms with Gasteiger partial charge in [-0.3, -0.25) is 4.79 Å². The molecule has 0 atom stereocenters. The number of ether oxygens (including phenoxy) is 1. The Bertz CT molecular complexity index is 419. The summed E-state index contributed by atoms with van der Waals surface area (Å²) < 4.78 is 30.7. The van der Waals surface area contributed by atoms with E-state index in [1.54, 1.807) is 0 Å². The lowest BCUT2D eigenvalue weighted by atomic mass is 10.3. The zero-order valence-electron chi connectivity index (χ0n) is 11.2. The summed E-state index contributed by atoms with van der Waals surface area (Å²) in [5.74, 6) is -1.67. The summed E-state index contributed by atoms with van der Waals surface area (Å²) >= 11 is 0. The van der Waals surface area contributed by atoms with Crippen molar-refractivity contribution in [2.24, 2.45) is 0 Å². The van der Waals surface area contributed by atoms with Crippen molar-refractivity contribution < 1.29 is 18.3 Å². The fraction of sp³-hybridized carbons (Fsp3) is 0.462. The van der Waals surface area contributed by atoms with Gasteiger partial charge in [-0.25, -0.2) is 8.78 Å². The first-order valence-corrected chi connectivity index (χ1v) is 6.12. The van der Waals surface area contributed by atoms with Crippen LogP contribution in [0.15, 0.2) is 18.2 Å². The number of benzene rings is 1. The third kappa shape index (κ3) is 7.25. The normalized spacial score (nSPS) is 9.75. The minimum Gasteiger partial charge on any atom is -0.492 e. The SMILES string of the molecule is CNCCCC(=O)NCCOc1ccc(F)c(F)c1.Cl. The van der Waals surface area contributed by atoms with Gasteiger partial charge in [0, 0.05) is 12.5 Å². The first-order chi connectivity index (χ1) is 9.13. The molecule has 1 aromatic rings. The maximum absolute atomic E-state index is 12.9. The molecule has 114 valence electrons. The number of amides is 1. The molecule has 1 amide bonds. The van der Waals surface area contributed by atoms with E-state index >= 15 is 0 Å². The van der Waals surface area contributed by atoms with Crippen molar-refractivity contribution in [2.75, 3.05) is 26.7 Å². The van der Waals surface area contributed by atoms with Gasteiger partial charge in [0.25, 0.3) is 0 Å². The highest BCUT2D eigenvalue weighted by Gasteiger charge is 2.03. The molecule has 0 aliphatic rings. The van der Waals surface area contributed by atoms with Crippen LogP contribution in [0.1, 0.15) is 12.8 Å². The van der Waals surface area contributed by atoms with E-state index in [9.17, 15) is 13.6 Å². The Labute approximate surface area is 123 Å². The standard InChI is InChI=1S/C13H18F2N2O2.ClH/c1-16-6-2-3-13(18)17-7-8-19-10-4-5-11(14)12(15)9-10;/h4-5,9,16H,2-3,6-8H2,1H3,(H,17,18);1H. The summed E-state index contributed by atoms with van der Waals surface area (Å²) in [5.41, 5.74) is 0. The summed E-state index contributed by atoms with van der Waals surface area (Å²) in [6.07, 6.45) is 1.22. The van der Waals surface area contributed by atoms with Crippen LogP contribution in [-0.2, 0) is 4.79 Å². The second kappa shape index (κ2) is 10.4. The van der Waals surface area contributed by atoms with Gasteiger partial charge in [0.2, 0.25) is 5.91 Å². The fourth-order valence-electron chi connectivity index (χ4n) is 1.44. The quantitative estimate of drug-likeness (QED) is 0.721. The van der Waals surface area contributed by atoms with Crippen molar-refractivity contribution in [2.45, 2.75) is 12.8 Å². The van der Waals surface area contributed by atoms with Crippen molar-refractivity contribution in [1.29, 1.82) is 0 Å². The molecule has 0 aromatic heterocycles. The Kier molecular flexibility index (Phi) is 9.67. The van der Waals surface area contributed by atoms with E-state index in [-0.39, 0.29) is 30.7 Å². The van der Waals surface area contributed by atoms with Crippen molar-refractivity contribution in [3.05, 3.63) is 29.8 Å². The van der Waals surface area contributed by atoms with E-state index in [1.807, 2.05) is 7.05 Å². The van der Waals surface area contributed by atoms with Crippen LogP contribution in [0.5, 0.6) is 5.75 Å². The first kappa shape index (κ1) is 18.6. The largest absolute Gasteiger partial charge is 0.492 e. The summed E-state index contributed by atoms with van der Waals surface area (Å²) in [6, 6.07) is 3.32. The number of nitrogens with one attached hydrogen (secondary N) is 2. The van der Waals surface area contributed by atoms with Crippen LogP contribution < -0.4 is 15.4 Å². The van der Waals surface area contributed by atoms with E-state index < -0.39 is 11.6 Å². The van der Waals surface area contributed by atoms with Gasteiger partial charge >= 0.3 is 0 Å². The van der Waals surface area contributed by atoms with Crippen LogP contribution in [0, 0.1) is 11.6 Å². The second-order valence-corrected chi connectivity index (χ2v) is 3.98. The molecule has 4 nitrogen and oxygen atoms in total. The van der Waals surface area contributed by atoms with Gasteiger partial charge in [-0.2, -0.15) is 0 Å². The monoisotopic (exact) mass is 308 g/mol. The Hall–Kier alpha value is -1.40. The number of rotatable bonds is 8. The predicted octanol–water partition coefficient (Wildman–Crippen LogP) is 1.88. The molecular formula is C13H19ClF2N2O2. The van der Waals surface area contributed by atoms with Crippen LogP contribution in [0.3, 0.4) is 0 Å². The number of halogens is 3. The molecule has 0 unspecified atom stereocenters. The highest BCUT2D eigenvalue weighted by Crippen LogP contribution is 2.14. The highest BCUT2D eigenvalue weighted by atomic mass is 35.5. The predicted molar refractivity (Wildman–Crippen MR) is 75.3 cm³/mol. The molecule has 0 aliphatic carbocycles. The van der Waals surface area contributed by atoms with Crippen LogP contribution in [-0.4, -0.2) is 32.7 Å². The van der Waals surface area contributed by atoms with Crippen LogP contribution in [0.2, 0.25) is 0 Å². The molecular weight excluding hydrogens is 290 g/mol. The third-order valence-corrected chi connectivity index (χ3v) is 2.41. The molecule has 0 spiro atoms. The molecule has 0 heterocycles. The molecule has 20 heavy (non-hydrogen) atoms. The highest BCUT2D eigenvalue weighted by molar-refractivity contribution is 5.85. The summed E-state index contributed by atoms with van der Waals surface area (Å²) in [5, 5.41) is 5.63. The lowest BCUT2D eigenvalue weighted by Gasteiger charge is -2.08. The molecule has 1 aromatic carbocycles. The second-order valence-electron chi connectivity index (χ2n) is 3.98. The van der Waals surface area contributed by atoms with E-state index in [4.69, 9.17) is 4.74 Å². The van der Waals surface area contributed by atoms with Gasteiger partial charge < -0.3 is 15.4 Å². The van der Waals surface area contributed by atoms with E-state index in [0.29, 0.717) is 13.0 Å². The first-order valence-electron chi connectivity index (χ1n) is 6.12. The van der Waals surface area contributed by atoms with Gasteiger partial charge in [-0.1, -0.05) is 0 Å². The smallest absolute Gasteiger partial charge is 0.220 e. The van der Waals surface area contributed by atoms with Crippen LogP contribution in [0.4, 0.5) is 8.78 Å². The molecule has 0 saturated heterocycles. The minimum absolute atomic E-state index is 0. The number of hydrogen-bond donors (Lipinski definition) is 2. The van der Waals surface area contributed by atoms with Gasteiger partial charge in [0.15, 0.2) is 11.6 Å². The average molecular weight is 309 g/mol. The zero-order chi connectivity index (χ0) is 14.1. The van der Waals surface area contributed by atoms with Gasteiger partial charge in [-0.15, -0.1) is 12.4 Å². The van der Waals surface area contributed by atoms with Gasteiger partial charge in [-0.05, 0) is 32.1 Å². The molecule has 0 saturated carbocycles. The fourth-order valence-corrected chi connectivity index (χ4v) is 1.44. The molecule has 2 N–H and O–H groups in total. The van der Waals surface area contributed by atoms with Crippen LogP contribution >= 0.6 is 12.4 Å². The Morgan fingerprint density at radius 3 is 2.65 bits per heavy atom. The van der Waals surface area contributed by atoms with Gasteiger partial charge in [0.1, 0.15) is 12.4 Å². The minimum atomic E-state index is -0.950. The molecule has 0 radical (unpaired) electrons. The topological polar surface area (TPSA) is 50.4 Å². The summed E-state index contributed by atoms with van der Waals surface area (Å²) in [7, 11) is 1.83. The average Bonchev–Trinajstić information content (AvgIpc) is 2.39. The zero-order valence-corrected chi connectivity index (χ0v) is 12.1. The number of hydrogen-bond acceptors (Lipinski definition) is 3. The third-order valence-electron chi connectivity index (χ3n) is 2.41. The molecule has 0 fully saturated rings. The lowest BCUT2D eigenvalue weighted by Crippen LogP contribution is -2.28. The Balaban J connectivity index is 0.00000361. The summed E-state index contributed by atoms with van der Waals surface area (Å²) in [4.78, 5) is 11.3. The van der Waals surface area contributed by atoms with E-state index in [2.05, 4.69) is 10.6 Å². The molecule has 0 bridgehead atoms. The molecule has 7 heteroatoms. The molecule has 1 rings (SSSR count). The number of carbonyl (C=O) groups excluding carboxylic acids is 1. The van der Waals surface area contributed by atoms with E-state index in [1.165, 1.54) is 6.07 Å². The Morgan fingerprint density at radius 2 is 2.00 bits per heavy atom. The van der Waals surface area contributed by atoms with E-state index in [0.717, 1.165) is 25.1 Å². The Morgan fingerprint density at radius 1 is 1.25 bits per heavy atom. The number of carbonyl (C=O) groups is 1. The maximum atomic E-state index is 12.9. The van der Waals surface area contributed by atoms with Crippen molar-refractivity contribution in [3.8, 4) is 5.75 Å². The van der Waals surface area contributed by atoms with Gasteiger partial charge in [0.05, 0.1) is 6.54 Å². The summed E-state index contributed by atoms with van der Waals surface area (Å²) in [6.45, 7) is 1.33. The van der Waals surface area contributed by atoms with Crippen molar-refractivity contribution in [3.63, 3.8) is 0 Å². The van der Waals surface area contributed by atoms with Crippen molar-refractivity contribution >= 4 is 18.3 Å². The van der Waals surface area contributed by atoms with Crippen molar-refractivity contribution in [1.82, 2.24) is 10.6 Å². The lowest BCUT2D eigenvalue weighted by molar-refractivity contribution is -0.121. The molecule has 0 aliphatic heterocycles. The van der Waals surface area contributed by atoms with Crippen LogP contribution in [0.25, 0.3) is 0 Å². The maximum Gasteiger partial charge on any atom is 0.220 e.